The third-order valence-electron chi connectivity index (χ3n) is 3.25. The predicted molar refractivity (Wildman–Crippen MR) is 66.6 cm³/mol. The Morgan fingerprint density at radius 1 is 1.47 bits per heavy atom. The molecule has 2 heterocycles. The molecule has 5 heteroatoms. The van der Waals surface area contributed by atoms with Crippen molar-refractivity contribution in [3.8, 4) is 0 Å². The molecule has 1 aliphatic heterocycles. The fourth-order valence-corrected chi connectivity index (χ4v) is 1.93. The van der Waals surface area contributed by atoms with Gasteiger partial charge in [-0.15, -0.1) is 0 Å². The van der Waals surface area contributed by atoms with Gasteiger partial charge in [0.05, 0.1) is 11.9 Å². The molecule has 1 saturated heterocycles. The maximum Gasteiger partial charge on any atom is 0.272 e. The number of anilines is 1. The van der Waals surface area contributed by atoms with Crippen molar-refractivity contribution < 1.29 is 4.79 Å². The third-order valence-corrected chi connectivity index (χ3v) is 3.25. The summed E-state index contributed by atoms with van der Waals surface area (Å²) in [4.78, 5) is 20.3. The van der Waals surface area contributed by atoms with Gasteiger partial charge in [-0.05, 0) is 26.1 Å². The smallest absolute Gasteiger partial charge is 0.272 e. The lowest BCUT2D eigenvalue weighted by atomic mass is 10.2. The Morgan fingerprint density at radius 2 is 2.24 bits per heavy atom. The van der Waals surface area contributed by atoms with Crippen molar-refractivity contribution >= 4 is 11.6 Å². The molecule has 0 aromatic carbocycles. The van der Waals surface area contributed by atoms with Crippen LogP contribution in [0.15, 0.2) is 18.3 Å². The summed E-state index contributed by atoms with van der Waals surface area (Å²) in [6.07, 6.45) is 1.52. The van der Waals surface area contributed by atoms with Crippen molar-refractivity contribution in [1.29, 1.82) is 0 Å². The fraction of sp³-hybridized carbons (Fsp3) is 0.500. The van der Waals surface area contributed by atoms with E-state index in [4.69, 9.17) is 5.73 Å². The van der Waals surface area contributed by atoms with E-state index in [1.165, 1.54) is 6.20 Å². The molecule has 0 bridgehead atoms. The van der Waals surface area contributed by atoms with Gasteiger partial charge >= 0.3 is 0 Å². The lowest BCUT2D eigenvalue weighted by molar-refractivity contribution is 0.0567. The van der Waals surface area contributed by atoms with Crippen LogP contribution in [-0.2, 0) is 0 Å². The SMILES string of the molecule is CC1CN(C(=O)c2ccc(N)cn2)CCN1C. The highest BCUT2D eigenvalue weighted by Crippen LogP contribution is 2.11. The minimum absolute atomic E-state index is 0.00931. The van der Waals surface area contributed by atoms with Gasteiger partial charge in [0.2, 0.25) is 0 Å². The second-order valence-corrected chi connectivity index (χ2v) is 4.56. The summed E-state index contributed by atoms with van der Waals surface area (Å²) in [5, 5.41) is 0. The molecule has 0 radical (unpaired) electrons. The van der Waals surface area contributed by atoms with Crippen molar-refractivity contribution in [1.82, 2.24) is 14.8 Å². The van der Waals surface area contributed by atoms with Crippen LogP contribution in [0.5, 0.6) is 0 Å². The molecule has 0 aliphatic carbocycles. The Labute approximate surface area is 101 Å². The first-order chi connectivity index (χ1) is 8.08. The van der Waals surface area contributed by atoms with E-state index in [2.05, 4.69) is 23.9 Å². The first kappa shape index (κ1) is 11.9. The lowest BCUT2D eigenvalue weighted by Gasteiger charge is -2.37. The van der Waals surface area contributed by atoms with Gasteiger partial charge < -0.3 is 15.5 Å². The molecule has 92 valence electrons. The zero-order chi connectivity index (χ0) is 12.4. The Kier molecular flexibility index (Phi) is 3.28. The van der Waals surface area contributed by atoms with Crippen LogP contribution in [0, 0.1) is 0 Å². The average molecular weight is 234 g/mol. The summed E-state index contributed by atoms with van der Waals surface area (Å²) in [7, 11) is 2.08. The number of nitrogens with zero attached hydrogens (tertiary/aromatic N) is 3. The molecule has 2 N–H and O–H groups in total. The molecule has 0 spiro atoms. The number of amides is 1. The van der Waals surface area contributed by atoms with Gasteiger partial charge in [-0.1, -0.05) is 0 Å². The van der Waals surface area contributed by atoms with Gasteiger partial charge in [0, 0.05) is 25.7 Å². The van der Waals surface area contributed by atoms with Crippen LogP contribution in [-0.4, -0.2) is 53.4 Å². The highest BCUT2D eigenvalue weighted by Gasteiger charge is 2.25. The summed E-state index contributed by atoms with van der Waals surface area (Å²) in [5.74, 6) is -0.00931. The van der Waals surface area contributed by atoms with E-state index in [9.17, 15) is 4.79 Å². The summed E-state index contributed by atoms with van der Waals surface area (Å²) in [6, 6.07) is 3.78. The van der Waals surface area contributed by atoms with Crippen LogP contribution in [0.2, 0.25) is 0 Å². The molecule has 1 aromatic heterocycles. The molecule has 17 heavy (non-hydrogen) atoms. The van der Waals surface area contributed by atoms with Crippen LogP contribution in [0.4, 0.5) is 5.69 Å². The van der Waals surface area contributed by atoms with E-state index in [0.29, 0.717) is 17.4 Å². The molecule has 1 fully saturated rings. The van der Waals surface area contributed by atoms with Crippen LogP contribution in [0.1, 0.15) is 17.4 Å². The van der Waals surface area contributed by atoms with E-state index in [1.807, 2.05) is 4.90 Å². The Hall–Kier alpha value is -1.62. The van der Waals surface area contributed by atoms with E-state index < -0.39 is 0 Å². The normalized spacial score (nSPS) is 21.5. The van der Waals surface area contributed by atoms with Gasteiger partial charge in [0.1, 0.15) is 5.69 Å². The number of pyridine rings is 1. The summed E-state index contributed by atoms with van der Waals surface area (Å²) < 4.78 is 0. The Balaban J connectivity index is 2.08. The highest BCUT2D eigenvalue weighted by atomic mass is 16.2. The van der Waals surface area contributed by atoms with Gasteiger partial charge in [0.25, 0.3) is 5.91 Å². The molecule has 1 aliphatic rings. The van der Waals surface area contributed by atoms with Crippen molar-refractivity contribution in [2.45, 2.75) is 13.0 Å². The molecule has 5 nitrogen and oxygen atoms in total. The van der Waals surface area contributed by atoms with Crippen molar-refractivity contribution in [3.63, 3.8) is 0 Å². The van der Waals surface area contributed by atoms with Gasteiger partial charge in [-0.3, -0.25) is 4.79 Å². The van der Waals surface area contributed by atoms with Crippen LogP contribution >= 0.6 is 0 Å². The standard InChI is InChI=1S/C12H18N4O/c1-9-8-16(6-5-15(9)2)12(17)11-4-3-10(13)7-14-11/h3-4,7,9H,5-6,8,13H2,1-2H3. The minimum atomic E-state index is -0.00931. The predicted octanol–water partition coefficient (Wildman–Crippen LogP) is 0.440. The number of likely N-dealkylation sites (N-methyl/N-ethyl adjacent to an activating group) is 1. The fourth-order valence-electron chi connectivity index (χ4n) is 1.93. The van der Waals surface area contributed by atoms with E-state index in [0.717, 1.165) is 19.6 Å². The zero-order valence-corrected chi connectivity index (χ0v) is 10.3. The second kappa shape index (κ2) is 4.71. The number of piperazine rings is 1. The molecule has 1 amide bonds. The largest absolute Gasteiger partial charge is 0.397 e. The minimum Gasteiger partial charge on any atom is -0.397 e. The number of nitrogen functional groups attached to an aromatic ring is 1. The number of aromatic nitrogens is 1. The number of rotatable bonds is 1. The molecule has 1 atom stereocenters. The molecule has 1 unspecified atom stereocenters. The number of hydrogen-bond donors (Lipinski definition) is 1. The number of hydrogen-bond acceptors (Lipinski definition) is 4. The monoisotopic (exact) mass is 234 g/mol. The van der Waals surface area contributed by atoms with Crippen molar-refractivity contribution in [2.75, 3.05) is 32.4 Å². The molecule has 1 aromatic rings. The van der Waals surface area contributed by atoms with Crippen molar-refractivity contribution in [3.05, 3.63) is 24.0 Å². The second-order valence-electron chi connectivity index (χ2n) is 4.56. The number of carbonyl (C=O) groups excluding carboxylic acids is 1. The van der Waals surface area contributed by atoms with E-state index in [-0.39, 0.29) is 5.91 Å². The van der Waals surface area contributed by atoms with Crippen LogP contribution in [0.3, 0.4) is 0 Å². The van der Waals surface area contributed by atoms with Crippen LogP contribution in [0.25, 0.3) is 0 Å². The Bertz CT molecular complexity index is 403. The average Bonchev–Trinajstić information content (AvgIpc) is 2.33. The van der Waals surface area contributed by atoms with E-state index in [1.54, 1.807) is 12.1 Å². The van der Waals surface area contributed by atoms with Gasteiger partial charge in [-0.25, -0.2) is 4.98 Å². The maximum absolute atomic E-state index is 12.2. The number of carbonyl (C=O) groups is 1. The number of nitrogens with two attached hydrogens (primary N) is 1. The van der Waals surface area contributed by atoms with Gasteiger partial charge in [-0.2, -0.15) is 0 Å². The topological polar surface area (TPSA) is 62.5 Å². The van der Waals surface area contributed by atoms with Crippen LogP contribution < -0.4 is 5.73 Å². The zero-order valence-electron chi connectivity index (χ0n) is 10.3. The first-order valence-electron chi connectivity index (χ1n) is 5.79. The van der Waals surface area contributed by atoms with Gasteiger partial charge in [0.15, 0.2) is 0 Å². The molecule has 2 rings (SSSR count). The maximum atomic E-state index is 12.2. The summed E-state index contributed by atoms with van der Waals surface area (Å²) in [5.41, 5.74) is 6.60. The highest BCUT2D eigenvalue weighted by molar-refractivity contribution is 5.92. The van der Waals surface area contributed by atoms with E-state index >= 15 is 0 Å². The lowest BCUT2D eigenvalue weighted by Crippen LogP contribution is -2.52. The van der Waals surface area contributed by atoms with Crippen molar-refractivity contribution in [2.24, 2.45) is 0 Å². The molecule has 0 saturated carbocycles. The summed E-state index contributed by atoms with van der Waals surface area (Å²) >= 11 is 0. The first-order valence-corrected chi connectivity index (χ1v) is 5.79. The molecular formula is C12H18N4O. The third kappa shape index (κ3) is 2.55. The molecular weight excluding hydrogens is 216 g/mol. The Morgan fingerprint density at radius 3 is 2.82 bits per heavy atom. The quantitative estimate of drug-likeness (QED) is 0.766. The summed E-state index contributed by atoms with van der Waals surface area (Å²) in [6.45, 7) is 4.53.